The minimum Gasteiger partial charge on any atom is -0.462 e. The lowest BCUT2D eigenvalue weighted by Crippen LogP contribution is -2.30. The Morgan fingerprint density at radius 2 is 0.435 bits per heavy atom. The van der Waals surface area contributed by atoms with Crippen LogP contribution < -0.4 is 0 Å². The van der Waals surface area contributed by atoms with Crippen LogP contribution in [0.4, 0.5) is 0 Å². The molecule has 0 spiro atoms. The van der Waals surface area contributed by atoms with Crippen molar-refractivity contribution in [2.24, 2.45) is 0 Å². The lowest BCUT2D eigenvalue weighted by Gasteiger charge is -2.21. The molecule has 17 nitrogen and oxygen atoms in total. The van der Waals surface area contributed by atoms with Crippen LogP contribution in [-0.2, 0) is 65.4 Å². The second kappa shape index (κ2) is 67.6. The van der Waals surface area contributed by atoms with Crippen LogP contribution in [0.25, 0.3) is 0 Å². The molecule has 0 heterocycles. The highest BCUT2D eigenvalue weighted by molar-refractivity contribution is 7.47. The van der Waals surface area contributed by atoms with Gasteiger partial charge in [0.25, 0.3) is 0 Å². The smallest absolute Gasteiger partial charge is 0.462 e. The Hall–Kier alpha value is -1.94. The molecule has 0 rings (SSSR count). The van der Waals surface area contributed by atoms with Gasteiger partial charge < -0.3 is 33.8 Å². The van der Waals surface area contributed by atoms with Crippen LogP contribution in [0.5, 0.6) is 0 Å². The topological polar surface area (TPSA) is 237 Å². The first-order valence-corrected chi connectivity index (χ1v) is 41.3. The van der Waals surface area contributed by atoms with Gasteiger partial charge in [0.1, 0.15) is 19.3 Å². The minimum absolute atomic E-state index is 0.107. The molecule has 546 valence electrons. The van der Waals surface area contributed by atoms with E-state index in [0.717, 1.165) is 103 Å². The van der Waals surface area contributed by atoms with Crippen LogP contribution in [-0.4, -0.2) is 96.7 Å². The summed E-state index contributed by atoms with van der Waals surface area (Å²) in [5, 5.41) is 10.6. The number of phosphoric ester groups is 2. The summed E-state index contributed by atoms with van der Waals surface area (Å²) < 4.78 is 68.3. The van der Waals surface area contributed by atoms with E-state index >= 15 is 0 Å². The van der Waals surface area contributed by atoms with Gasteiger partial charge in [0.2, 0.25) is 0 Å². The first kappa shape index (κ1) is 90.1. The number of unbranched alkanes of at least 4 members (excludes halogenated alkanes) is 48. The van der Waals surface area contributed by atoms with Crippen LogP contribution >= 0.6 is 15.6 Å². The molecular weight excluding hydrogens is 1210 g/mol. The zero-order valence-corrected chi connectivity index (χ0v) is 61.3. The molecule has 0 saturated carbocycles. The minimum atomic E-state index is -4.95. The average Bonchev–Trinajstić information content (AvgIpc) is 2.43. The predicted octanol–water partition coefficient (Wildman–Crippen LogP) is 21.4. The van der Waals surface area contributed by atoms with E-state index in [9.17, 15) is 43.2 Å². The molecule has 0 aromatic carbocycles. The van der Waals surface area contributed by atoms with E-state index in [1.54, 1.807) is 0 Å². The van der Waals surface area contributed by atoms with Crippen molar-refractivity contribution in [3.05, 3.63) is 0 Å². The van der Waals surface area contributed by atoms with Gasteiger partial charge in [-0.15, -0.1) is 0 Å². The van der Waals surface area contributed by atoms with Crippen molar-refractivity contribution in [1.82, 2.24) is 0 Å². The second-order valence-corrected chi connectivity index (χ2v) is 29.2. The Morgan fingerprint density at radius 1 is 0.261 bits per heavy atom. The summed E-state index contributed by atoms with van der Waals surface area (Å²) in [5.74, 6) is -2.12. The largest absolute Gasteiger partial charge is 0.472 e. The number of carbonyl (C=O) groups excluding carboxylic acids is 4. The molecule has 19 heteroatoms. The van der Waals surface area contributed by atoms with Crippen molar-refractivity contribution in [3.63, 3.8) is 0 Å². The number of phosphoric acid groups is 2. The van der Waals surface area contributed by atoms with Crippen LogP contribution in [0.3, 0.4) is 0 Å². The first-order chi connectivity index (χ1) is 44.7. The van der Waals surface area contributed by atoms with Crippen molar-refractivity contribution in [2.75, 3.05) is 39.6 Å². The molecule has 0 aromatic rings. The van der Waals surface area contributed by atoms with Crippen LogP contribution in [0.1, 0.15) is 387 Å². The van der Waals surface area contributed by atoms with E-state index in [0.29, 0.717) is 25.7 Å². The third kappa shape index (κ3) is 66.7. The highest BCUT2D eigenvalue weighted by atomic mass is 31.2. The Balaban J connectivity index is 5.18. The molecule has 0 radical (unpaired) electrons. The number of carbonyl (C=O) groups is 4. The fourth-order valence-corrected chi connectivity index (χ4v) is 12.8. The third-order valence-corrected chi connectivity index (χ3v) is 19.0. The lowest BCUT2D eigenvalue weighted by atomic mass is 10.0. The number of ether oxygens (including phenoxy) is 4. The maximum atomic E-state index is 13.1. The molecule has 0 aliphatic carbocycles. The molecule has 0 fully saturated rings. The van der Waals surface area contributed by atoms with Gasteiger partial charge in [0, 0.05) is 25.7 Å². The van der Waals surface area contributed by atoms with Gasteiger partial charge in [-0.3, -0.25) is 37.3 Å². The maximum Gasteiger partial charge on any atom is 0.472 e. The van der Waals surface area contributed by atoms with Gasteiger partial charge in [-0.25, -0.2) is 9.13 Å². The molecule has 0 aromatic heterocycles. The number of esters is 4. The molecule has 0 saturated heterocycles. The van der Waals surface area contributed by atoms with Crippen molar-refractivity contribution < 1.29 is 80.2 Å². The van der Waals surface area contributed by atoms with E-state index in [-0.39, 0.29) is 25.7 Å². The Labute approximate surface area is 562 Å². The van der Waals surface area contributed by atoms with Crippen LogP contribution in [0, 0.1) is 0 Å². The highest BCUT2D eigenvalue weighted by Gasteiger charge is 2.30. The monoisotopic (exact) mass is 1350 g/mol. The Morgan fingerprint density at radius 3 is 0.641 bits per heavy atom. The molecule has 92 heavy (non-hydrogen) atoms. The summed E-state index contributed by atoms with van der Waals surface area (Å²) in [6, 6.07) is 0. The van der Waals surface area contributed by atoms with E-state index in [1.807, 2.05) is 0 Å². The van der Waals surface area contributed by atoms with Gasteiger partial charge >= 0.3 is 39.5 Å². The van der Waals surface area contributed by atoms with Crippen molar-refractivity contribution in [2.45, 2.75) is 406 Å². The summed E-state index contributed by atoms with van der Waals surface area (Å²) in [4.78, 5) is 72.5. The molecule has 0 bridgehead atoms. The summed E-state index contributed by atoms with van der Waals surface area (Å²) in [5.41, 5.74) is 0. The van der Waals surface area contributed by atoms with Crippen molar-refractivity contribution in [1.29, 1.82) is 0 Å². The van der Waals surface area contributed by atoms with E-state index in [1.165, 1.54) is 205 Å². The van der Waals surface area contributed by atoms with Crippen LogP contribution in [0.15, 0.2) is 0 Å². The number of rotatable bonds is 74. The predicted molar refractivity (Wildman–Crippen MR) is 372 cm³/mol. The van der Waals surface area contributed by atoms with Gasteiger partial charge in [-0.1, -0.05) is 336 Å². The molecule has 5 atom stereocenters. The zero-order valence-electron chi connectivity index (χ0n) is 59.5. The Bertz CT molecular complexity index is 1760. The quantitative estimate of drug-likeness (QED) is 0.0222. The van der Waals surface area contributed by atoms with E-state index < -0.39 is 97.5 Å². The fourth-order valence-electron chi connectivity index (χ4n) is 11.2. The zero-order chi connectivity index (χ0) is 67.5. The number of hydrogen-bond acceptors (Lipinski definition) is 15. The maximum absolute atomic E-state index is 13.1. The Kier molecular flexibility index (Phi) is 66.2. The SMILES string of the molecule is CCCCCCCCCCCCCCCCCCCCCC(=O)O[C@H](COC(=O)CCCCCCCCCCCCCCCC)COP(=O)(O)OC[C@@H](O)COP(=O)(O)OC[C@@H](COC(=O)CCCCCCCCC)OC(=O)CCCCCCCCCCCCCC. The van der Waals surface area contributed by atoms with Gasteiger partial charge in [0.05, 0.1) is 26.4 Å². The van der Waals surface area contributed by atoms with E-state index in [4.69, 9.17) is 37.0 Å². The van der Waals surface area contributed by atoms with Crippen molar-refractivity contribution in [3.8, 4) is 0 Å². The molecule has 3 N–H and O–H groups in total. The number of aliphatic hydroxyl groups is 1. The molecule has 0 aliphatic rings. The van der Waals surface area contributed by atoms with Crippen LogP contribution in [0.2, 0.25) is 0 Å². The standard InChI is InChI=1S/C73H142O17P2/c1-5-9-13-17-21-24-27-30-32-33-34-35-36-38-41-44-48-52-56-60-73(78)90-69(64-84-71(76)58-54-50-46-42-40-37-31-28-25-22-18-14-10-6-2)66-88-92(81,82)86-62-67(74)61-85-91(79,80)87-65-68(63-83-70(75)57-53-49-45-20-16-12-8-4)89-72(77)59-55-51-47-43-39-29-26-23-19-15-11-7-3/h67-69,74H,5-66H2,1-4H3,(H,79,80)(H,81,82)/t67-,68+,69+/m0/s1. The third-order valence-electron chi connectivity index (χ3n) is 17.1. The molecular formula is C73H142O17P2. The normalized spacial score (nSPS) is 13.9. The average molecular weight is 1350 g/mol. The molecule has 2 unspecified atom stereocenters. The summed E-state index contributed by atoms with van der Waals surface area (Å²) >= 11 is 0. The summed E-state index contributed by atoms with van der Waals surface area (Å²) in [6.45, 7) is 4.93. The highest BCUT2D eigenvalue weighted by Crippen LogP contribution is 2.45. The first-order valence-electron chi connectivity index (χ1n) is 38.3. The lowest BCUT2D eigenvalue weighted by molar-refractivity contribution is -0.161. The van der Waals surface area contributed by atoms with Crippen molar-refractivity contribution >= 4 is 39.5 Å². The second-order valence-electron chi connectivity index (χ2n) is 26.3. The number of aliphatic hydroxyl groups excluding tert-OH is 1. The molecule has 0 aliphatic heterocycles. The summed E-state index contributed by atoms with van der Waals surface area (Å²) in [7, 11) is -9.90. The summed E-state index contributed by atoms with van der Waals surface area (Å²) in [6.07, 6.45) is 57.0. The molecule has 0 amide bonds. The van der Waals surface area contributed by atoms with Gasteiger partial charge in [-0.2, -0.15) is 0 Å². The fraction of sp³-hybridized carbons (Fsp3) is 0.945. The van der Waals surface area contributed by atoms with Gasteiger partial charge in [-0.05, 0) is 25.7 Å². The van der Waals surface area contributed by atoms with Gasteiger partial charge in [0.15, 0.2) is 12.2 Å². The number of hydrogen-bond donors (Lipinski definition) is 3. The van der Waals surface area contributed by atoms with E-state index in [2.05, 4.69) is 27.7 Å².